The number of hydrogen-bond donors (Lipinski definition) is 1. The highest BCUT2D eigenvalue weighted by atomic mass is 16.5. The molecular formula is C16H32N2O. The Balaban J connectivity index is 2.01. The zero-order valence-electron chi connectivity index (χ0n) is 13.2. The predicted octanol–water partition coefficient (Wildman–Crippen LogP) is 2.51. The Kier molecular flexibility index (Phi) is 5.67. The number of nitrogens with one attached hydrogen (secondary N) is 1. The van der Waals surface area contributed by atoms with Gasteiger partial charge in [0.2, 0.25) is 0 Å². The summed E-state index contributed by atoms with van der Waals surface area (Å²) in [6, 6.07) is 1.40. The van der Waals surface area contributed by atoms with E-state index in [1.807, 2.05) is 0 Å². The van der Waals surface area contributed by atoms with Crippen LogP contribution >= 0.6 is 0 Å². The molecule has 0 spiro atoms. The van der Waals surface area contributed by atoms with Gasteiger partial charge in [-0.1, -0.05) is 20.8 Å². The Morgan fingerprint density at radius 2 is 2.11 bits per heavy atom. The maximum absolute atomic E-state index is 5.71. The molecule has 3 nitrogen and oxygen atoms in total. The summed E-state index contributed by atoms with van der Waals surface area (Å²) in [5.74, 6) is 1.72. The van der Waals surface area contributed by atoms with Crippen LogP contribution in [0.15, 0.2) is 0 Å². The molecule has 4 atom stereocenters. The Hall–Kier alpha value is -0.120. The minimum Gasteiger partial charge on any atom is -0.376 e. The first-order chi connectivity index (χ1) is 9.11. The Bertz CT molecular complexity index is 269. The second-order valence-electron chi connectivity index (χ2n) is 6.73. The van der Waals surface area contributed by atoms with Crippen LogP contribution in [0.1, 0.15) is 47.0 Å². The van der Waals surface area contributed by atoms with Crippen molar-refractivity contribution < 1.29 is 4.74 Å². The monoisotopic (exact) mass is 268 g/mol. The van der Waals surface area contributed by atoms with Crippen LogP contribution in [-0.4, -0.2) is 49.3 Å². The predicted molar refractivity (Wildman–Crippen MR) is 80.4 cm³/mol. The lowest BCUT2D eigenvalue weighted by Crippen LogP contribution is -2.57. The van der Waals surface area contributed by atoms with Gasteiger partial charge in [0.15, 0.2) is 0 Å². The molecule has 2 fully saturated rings. The normalized spacial score (nSPS) is 37.7. The number of likely N-dealkylation sites (N-methyl/N-ethyl adjacent to an activating group) is 1. The Morgan fingerprint density at radius 1 is 1.32 bits per heavy atom. The van der Waals surface area contributed by atoms with Crippen molar-refractivity contribution in [3.8, 4) is 0 Å². The number of morpholine rings is 1. The minimum atomic E-state index is 0.399. The summed E-state index contributed by atoms with van der Waals surface area (Å²) in [5.41, 5.74) is 0. The fourth-order valence-corrected chi connectivity index (χ4v) is 3.83. The molecule has 0 radical (unpaired) electrons. The first-order valence-corrected chi connectivity index (χ1v) is 8.20. The molecule has 0 aromatic rings. The van der Waals surface area contributed by atoms with E-state index in [9.17, 15) is 0 Å². The van der Waals surface area contributed by atoms with Crippen LogP contribution in [0.3, 0.4) is 0 Å². The molecular weight excluding hydrogens is 236 g/mol. The average molecular weight is 268 g/mol. The number of nitrogens with zero attached hydrogens (tertiary/aromatic N) is 1. The average Bonchev–Trinajstić information content (AvgIpc) is 2.39. The van der Waals surface area contributed by atoms with E-state index in [0.717, 1.165) is 38.1 Å². The lowest BCUT2D eigenvalue weighted by atomic mass is 9.76. The molecule has 1 saturated heterocycles. The van der Waals surface area contributed by atoms with Gasteiger partial charge in [0.25, 0.3) is 0 Å². The van der Waals surface area contributed by atoms with E-state index in [4.69, 9.17) is 4.74 Å². The van der Waals surface area contributed by atoms with E-state index >= 15 is 0 Å². The fourth-order valence-electron chi connectivity index (χ4n) is 3.83. The van der Waals surface area contributed by atoms with Gasteiger partial charge in [-0.05, 0) is 44.6 Å². The van der Waals surface area contributed by atoms with Crippen LogP contribution in [-0.2, 0) is 4.74 Å². The topological polar surface area (TPSA) is 24.5 Å². The van der Waals surface area contributed by atoms with Gasteiger partial charge in [0.05, 0.1) is 12.7 Å². The van der Waals surface area contributed by atoms with Gasteiger partial charge in [-0.3, -0.25) is 4.90 Å². The molecule has 0 amide bonds. The zero-order valence-corrected chi connectivity index (χ0v) is 13.2. The third-order valence-electron chi connectivity index (χ3n) is 5.01. The molecule has 3 heteroatoms. The van der Waals surface area contributed by atoms with Crippen LogP contribution < -0.4 is 5.32 Å². The van der Waals surface area contributed by atoms with Crippen molar-refractivity contribution in [1.82, 2.24) is 10.2 Å². The van der Waals surface area contributed by atoms with E-state index < -0.39 is 0 Å². The molecule has 0 bridgehead atoms. The van der Waals surface area contributed by atoms with Crippen molar-refractivity contribution >= 4 is 0 Å². The maximum Gasteiger partial charge on any atom is 0.0674 e. The van der Waals surface area contributed by atoms with Crippen molar-refractivity contribution in [3.63, 3.8) is 0 Å². The van der Waals surface area contributed by atoms with Crippen LogP contribution in [0.25, 0.3) is 0 Å². The first-order valence-electron chi connectivity index (χ1n) is 8.20. The highest BCUT2D eigenvalue weighted by molar-refractivity contribution is 4.93. The van der Waals surface area contributed by atoms with E-state index in [-0.39, 0.29) is 0 Å². The van der Waals surface area contributed by atoms with Crippen LogP contribution in [0.5, 0.6) is 0 Å². The van der Waals surface area contributed by atoms with E-state index in [0.29, 0.717) is 18.2 Å². The van der Waals surface area contributed by atoms with Gasteiger partial charge in [-0.2, -0.15) is 0 Å². The van der Waals surface area contributed by atoms with Gasteiger partial charge in [-0.15, -0.1) is 0 Å². The highest BCUT2D eigenvalue weighted by Gasteiger charge is 2.36. The third kappa shape index (κ3) is 3.93. The largest absolute Gasteiger partial charge is 0.376 e. The summed E-state index contributed by atoms with van der Waals surface area (Å²) in [7, 11) is 0. The zero-order chi connectivity index (χ0) is 13.8. The van der Waals surface area contributed by atoms with Crippen molar-refractivity contribution in [2.24, 2.45) is 11.8 Å². The third-order valence-corrected chi connectivity index (χ3v) is 5.01. The Labute approximate surface area is 119 Å². The van der Waals surface area contributed by atoms with E-state index in [1.54, 1.807) is 0 Å². The molecule has 1 heterocycles. The molecule has 1 aliphatic heterocycles. The lowest BCUT2D eigenvalue weighted by molar-refractivity contribution is -0.0508. The fraction of sp³-hybridized carbons (Fsp3) is 1.00. The smallest absolute Gasteiger partial charge is 0.0674 e. The molecule has 0 aromatic carbocycles. The molecule has 112 valence electrons. The highest BCUT2D eigenvalue weighted by Crippen LogP contribution is 2.33. The van der Waals surface area contributed by atoms with Crippen LogP contribution in [0.4, 0.5) is 0 Å². The summed E-state index contributed by atoms with van der Waals surface area (Å²) >= 11 is 0. The van der Waals surface area contributed by atoms with Crippen molar-refractivity contribution in [3.05, 3.63) is 0 Å². The van der Waals surface area contributed by atoms with Gasteiger partial charge >= 0.3 is 0 Å². The van der Waals surface area contributed by atoms with Crippen molar-refractivity contribution in [2.75, 3.05) is 26.2 Å². The number of rotatable bonds is 4. The summed E-state index contributed by atoms with van der Waals surface area (Å²) in [5, 5.41) is 3.72. The van der Waals surface area contributed by atoms with Crippen LogP contribution in [0.2, 0.25) is 0 Å². The summed E-state index contributed by atoms with van der Waals surface area (Å²) in [4.78, 5) is 2.69. The van der Waals surface area contributed by atoms with Gasteiger partial charge < -0.3 is 10.1 Å². The number of ether oxygens (including phenoxy) is 1. The van der Waals surface area contributed by atoms with Crippen LogP contribution in [0, 0.1) is 11.8 Å². The molecule has 1 aliphatic carbocycles. The SMILES string of the molecule is CCNC1CCC(C(C)C)CC1N1CCOC(C)C1. The second kappa shape index (κ2) is 7.05. The molecule has 1 saturated carbocycles. The molecule has 2 rings (SSSR count). The van der Waals surface area contributed by atoms with Gasteiger partial charge in [-0.25, -0.2) is 0 Å². The summed E-state index contributed by atoms with van der Waals surface area (Å²) in [6.45, 7) is 13.4. The van der Waals surface area contributed by atoms with Crippen molar-refractivity contribution in [1.29, 1.82) is 0 Å². The quantitative estimate of drug-likeness (QED) is 0.848. The summed E-state index contributed by atoms with van der Waals surface area (Å²) in [6.07, 6.45) is 4.50. The lowest BCUT2D eigenvalue weighted by Gasteiger charge is -2.46. The molecule has 1 N–H and O–H groups in total. The maximum atomic E-state index is 5.71. The number of hydrogen-bond acceptors (Lipinski definition) is 3. The molecule has 4 unspecified atom stereocenters. The molecule has 19 heavy (non-hydrogen) atoms. The summed E-state index contributed by atoms with van der Waals surface area (Å²) < 4.78 is 5.71. The van der Waals surface area contributed by atoms with E-state index in [1.165, 1.54) is 19.3 Å². The minimum absolute atomic E-state index is 0.399. The van der Waals surface area contributed by atoms with Gasteiger partial charge in [0, 0.05) is 25.2 Å². The Morgan fingerprint density at radius 3 is 2.74 bits per heavy atom. The second-order valence-corrected chi connectivity index (χ2v) is 6.73. The molecule has 2 aliphatic rings. The van der Waals surface area contributed by atoms with Gasteiger partial charge in [0.1, 0.15) is 0 Å². The van der Waals surface area contributed by atoms with E-state index in [2.05, 4.69) is 37.9 Å². The van der Waals surface area contributed by atoms with Crippen molar-refractivity contribution in [2.45, 2.75) is 65.1 Å². The standard InChI is InChI=1S/C16H32N2O/c1-5-17-15-7-6-14(12(2)3)10-16(15)18-8-9-19-13(4)11-18/h12-17H,5-11H2,1-4H3. The first kappa shape index (κ1) is 15.3. The molecule has 0 aromatic heterocycles.